The van der Waals surface area contributed by atoms with Crippen LogP contribution in [0.15, 0.2) is 4.99 Å². The third-order valence-corrected chi connectivity index (χ3v) is 4.35. The maximum Gasteiger partial charge on any atom is 0.406 e. The van der Waals surface area contributed by atoms with Gasteiger partial charge in [-0.05, 0) is 24.7 Å². The molecule has 0 aromatic carbocycles. The van der Waals surface area contributed by atoms with Crippen LogP contribution in [0.4, 0.5) is 13.2 Å². The van der Waals surface area contributed by atoms with Crippen molar-refractivity contribution in [3.8, 4) is 0 Å². The highest BCUT2D eigenvalue weighted by Crippen LogP contribution is 2.43. The number of halogens is 4. The summed E-state index contributed by atoms with van der Waals surface area (Å²) >= 11 is 0. The Morgan fingerprint density at radius 3 is 2.40 bits per heavy atom. The molecule has 0 aromatic rings. The van der Waals surface area contributed by atoms with Crippen molar-refractivity contribution in [1.29, 1.82) is 0 Å². The van der Waals surface area contributed by atoms with Crippen molar-refractivity contribution in [2.45, 2.75) is 31.9 Å². The molecule has 1 rings (SSSR count). The van der Waals surface area contributed by atoms with Crippen molar-refractivity contribution >= 4 is 35.8 Å². The van der Waals surface area contributed by atoms with Crippen LogP contribution >= 0.6 is 24.0 Å². The van der Waals surface area contributed by atoms with Crippen molar-refractivity contribution in [1.82, 2.24) is 15.5 Å². The molecule has 10 heteroatoms. The molecule has 0 unspecified atom stereocenters. The molecule has 2 N–H and O–H groups in total. The first-order valence-electron chi connectivity index (χ1n) is 7.95. The lowest BCUT2D eigenvalue weighted by Gasteiger charge is -2.42. The largest absolute Gasteiger partial charge is 0.406 e. The first-order chi connectivity index (χ1) is 11.2. The summed E-state index contributed by atoms with van der Waals surface area (Å²) in [7, 11) is 4.35. The molecule has 1 aliphatic carbocycles. The van der Waals surface area contributed by atoms with E-state index in [-0.39, 0.29) is 35.9 Å². The van der Waals surface area contributed by atoms with E-state index >= 15 is 0 Å². The van der Waals surface area contributed by atoms with Crippen LogP contribution in [0.5, 0.6) is 0 Å². The average Bonchev–Trinajstić information content (AvgIpc) is 2.46. The minimum absolute atomic E-state index is 0. The summed E-state index contributed by atoms with van der Waals surface area (Å²) in [5.74, 6) is -0.236. The molecule has 0 saturated heterocycles. The molecule has 0 radical (unpaired) electrons. The molecule has 0 aromatic heterocycles. The Morgan fingerprint density at radius 1 is 1.32 bits per heavy atom. The number of alkyl halides is 3. The molecule has 1 saturated carbocycles. The number of nitrogens with one attached hydrogen (secondary N) is 2. The highest BCUT2D eigenvalue weighted by molar-refractivity contribution is 14.0. The number of aliphatic imine (C=N–C) groups is 1. The molecule has 25 heavy (non-hydrogen) atoms. The Labute approximate surface area is 164 Å². The lowest BCUT2D eigenvalue weighted by Crippen LogP contribution is -2.49. The molecular weight excluding hydrogens is 452 g/mol. The zero-order valence-corrected chi connectivity index (χ0v) is 17.2. The topological polar surface area (TPSA) is 66.0 Å². The van der Waals surface area contributed by atoms with E-state index in [9.17, 15) is 18.0 Å². The standard InChI is InChI=1S/C15H27F3N4O2.HI/c1-19-13(20-9-12(23)22(2)11-15(16,17)18)21-10-14(5-4-6-14)7-8-24-3;/h4-11H2,1-3H3,(H2,19,20,21);1H. The Kier molecular flexibility index (Phi) is 10.7. The van der Waals surface area contributed by atoms with Gasteiger partial charge in [-0.2, -0.15) is 13.2 Å². The molecule has 0 bridgehead atoms. The number of carbonyl (C=O) groups is 1. The van der Waals surface area contributed by atoms with Crippen LogP contribution in [0.2, 0.25) is 0 Å². The van der Waals surface area contributed by atoms with Crippen molar-refractivity contribution in [3.05, 3.63) is 0 Å². The zero-order chi connectivity index (χ0) is 18.2. The number of hydrogen-bond donors (Lipinski definition) is 2. The van der Waals surface area contributed by atoms with Crippen molar-refractivity contribution in [3.63, 3.8) is 0 Å². The van der Waals surface area contributed by atoms with Crippen LogP contribution < -0.4 is 10.6 Å². The molecule has 1 amide bonds. The number of nitrogens with zero attached hydrogens (tertiary/aromatic N) is 2. The van der Waals surface area contributed by atoms with Crippen LogP contribution in [0, 0.1) is 5.41 Å². The van der Waals surface area contributed by atoms with Crippen LogP contribution in [-0.2, 0) is 9.53 Å². The van der Waals surface area contributed by atoms with Gasteiger partial charge in [0.2, 0.25) is 5.91 Å². The minimum atomic E-state index is -4.40. The van der Waals surface area contributed by atoms with Crippen LogP contribution in [-0.4, -0.2) is 70.4 Å². The Hall–Kier alpha value is -0.780. The molecule has 0 heterocycles. The third-order valence-electron chi connectivity index (χ3n) is 4.35. The number of amides is 1. The SMILES string of the molecule is CN=C(NCC(=O)N(C)CC(F)(F)F)NCC1(CCOC)CCC1.I. The van der Waals surface area contributed by atoms with Gasteiger partial charge in [-0.15, -0.1) is 24.0 Å². The summed E-state index contributed by atoms with van der Waals surface area (Å²) in [6, 6.07) is 0. The molecule has 0 atom stereocenters. The molecule has 0 spiro atoms. The highest BCUT2D eigenvalue weighted by atomic mass is 127. The van der Waals surface area contributed by atoms with E-state index in [4.69, 9.17) is 4.74 Å². The van der Waals surface area contributed by atoms with Gasteiger partial charge in [0.25, 0.3) is 0 Å². The molecule has 148 valence electrons. The number of guanidine groups is 1. The molecule has 1 aliphatic rings. The highest BCUT2D eigenvalue weighted by Gasteiger charge is 2.36. The second-order valence-corrected chi connectivity index (χ2v) is 6.24. The molecular formula is C15H28F3IN4O2. The Bertz CT molecular complexity index is 443. The van der Waals surface area contributed by atoms with Gasteiger partial charge in [0.05, 0.1) is 6.54 Å². The van der Waals surface area contributed by atoms with E-state index in [1.165, 1.54) is 6.42 Å². The first kappa shape index (κ1) is 24.2. The third kappa shape index (κ3) is 8.93. The Morgan fingerprint density at radius 2 is 1.96 bits per heavy atom. The van der Waals surface area contributed by atoms with E-state index in [2.05, 4.69) is 15.6 Å². The van der Waals surface area contributed by atoms with Crippen molar-refractivity contribution in [2.24, 2.45) is 10.4 Å². The monoisotopic (exact) mass is 480 g/mol. The quantitative estimate of drug-likeness (QED) is 0.317. The summed E-state index contributed by atoms with van der Waals surface area (Å²) in [4.78, 5) is 16.4. The van der Waals surface area contributed by atoms with E-state index in [1.807, 2.05) is 0 Å². The zero-order valence-electron chi connectivity index (χ0n) is 14.9. The lowest BCUT2D eigenvalue weighted by molar-refractivity contribution is -0.157. The summed E-state index contributed by atoms with van der Waals surface area (Å²) in [6.45, 7) is -0.117. The van der Waals surface area contributed by atoms with Gasteiger partial charge < -0.3 is 20.3 Å². The fourth-order valence-electron chi connectivity index (χ4n) is 2.65. The number of methoxy groups -OCH3 is 1. The predicted molar refractivity (Wildman–Crippen MR) is 101 cm³/mol. The fraction of sp³-hybridized carbons (Fsp3) is 0.867. The maximum atomic E-state index is 12.3. The molecule has 0 aliphatic heterocycles. The number of hydrogen-bond acceptors (Lipinski definition) is 3. The van der Waals surface area contributed by atoms with Gasteiger partial charge in [-0.3, -0.25) is 9.79 Å². The first-order valence-corrected chi connectivity index (χ1v) is 7.95. The van der Waals surface area contributed by atoms with E-state index in [0.29, 0.717) is 24.0 Å². The summed E-state index contributed by atoms with van der Waals surface area (Å²) in [5.41, 5.74) is 0.171. The Balaban J connectivity index is 0.00000576. The number of rotatable bonds is 8. The summed E-state index contributed by atoms with van der Waals surface area (Å²) in [6.07, 6.45) is -0.0671. The minimum Gasteiger partial charge on any atom is -0.385 e. The number of likely N-dealkylation sites (N-methyl/N-ethyl adjacent to an activating group) is 1. The van der Waals surface area contributed by atoms with Gasteiger partial charge in [0, 0.05) is 34.4 Å². The fourth-order valence-corrected chi connectivity index (χ4v) is 2.65. The van der Waals surface area contributed by atoms with Crippen LogP contribution in [0.3, 0.4) is 0 Å². The van der Waals surface area contributed by atoms with E-state index < -0.39 is 18.6 Å². The predicted octanol–water partition coefficient (Wildman–Crippen LogP) is 2.00. The van der Waals surface area contributed by atoms with E-state index in [1.54, 1.807) is 14.2 Å². The van der Waals surface area contributed by atoms with Crippen molar-refractivity contribution < 1.29 is 22.7 Å². The summed E-state index contributed by atoms with van der Waals surface area (Å²) < 4.78 is 41.9. The molecule has 6 nitrogen and oxygen atoms in total. The van der Waals surface area contributed by atoms with Gasteiger partial charge in [-0.25, -0.2) is 0 Å². The second kappa shape index (κ2) is 11.0. The molecule has 1 fully saturated rings. The second-order valence-electron chi connectivity index (χ2n) is 6.24. The van der Waals surface area contributed by atoms with Gasteiger partial charge in [0.1, 0.15) is 6.54 Å². The van der Waals surface area contributed by atoms with Crippen LogP contribution in [0.1, 0.15) is 25.7 Å². The van der Waals surface area contributed by atoms with Crippen LogP contribution in [0.25, 0.3) is 0 Å². The smallest absolute Gasteiger partial charge is 0.385 e. The maximum absolute atomic E-state index is 12.3. The summed E-state index contributed by atoms with van der Waals surface area (Å²) in [5, 5.41) is 5.92. The average molecular weight is 480 g/mol. The van der Waals surface area contributed by atoms with E-state index in [0.717, 1.165) is 26.3 Å². The van der Waals surface area contributed by atoms with Gasteiger partial charge >= 0.3 is 6.18 Å². The number of carbonyl (C=O) groups excluding carboxylic acids is 1. The van der Waals surface area contributed by atoms with Gasteiger partial charge in [0.15, 0.2) is 5.96 Å². The van der Waals surface area contributed by atoms with Crippen molar-refractivity contribution in [2.75, 3.05) is 47.4 Å². The lowest BCUT2D eigenvalue weighted by atomic mass is 9.67. The van der Waals surface area contributed by atoms with Gasteiger partial charge in [-0.1, -0.05) is 6.42 Å². The number of ether oxygens (including phenoxy) is 1. The normalized spacial score (nSPS) is 16.5.